The molecule has 0 bridgehead atoms. The van der Waals surface area contributed by atoms with Gasteiger partial charge in [0.2, 0.25) is 17.7 Å². The fourth-order valence-corrected chi connectivity index (χ4v) is 8.98. The smallest absolute Gasteiger partial charge is 0.408 e. The highest BCUT2D eigenvalue weighted by molar-refractivity contribution is 5.89. The first-order valence-electron chi connectivity index (χ1n) is 26.1. The minimum Gasteiger partial charge on any atom is -0.449 e. The Kier molecular flexibility index (Phi) is 22.2. The number of carbonyl (C=O) groups is 6. The molecule has 0 radical (unpaired) electrons. The van der Waals surface area contributed by atoms with Gasteiger partial charge in [-0.15, -0.1) is 0 Å². The van der Waals surface area contributed by atoms with Gasteiger partial charge in [-0.1, -0.05) is 140 Å². The summed E-state index contributed by atoms with van der Waals surface area (Å²) in [7, 11) is 0. The summed E-state index contributed by atoms with van der Waals surface area (Å²) < 4.78 is 16.5. The second-order valence-electron chi connectivity index (χ2n) is 19.9. The minimum atomic E-state index is -1.27. The van der Waals surface area contributed by atoms with Crippen LogP contribution in [0.1, 0.15) is 93.0 Å². The first kappa shape index (κ1) is 57.5. The third-order valence-corrected chi connectivity index (χ3v) is 12.9. The van der Waals surface area contributed by atoms with E-state index in [0.29, 0.717) is 25.7 Å². The predicted octanol–water partition coefficient (Wildman–Crippen LogP) is 6.94. The van der Waals surface area contributed by atoms with Crippen LogP contribution in [0.15, 0.2) is 140 Å². The second kappa shape index (κ2) is 29.4. The van der Waals surface area contributed by atoms with E-state index in [1.165, 1.54) is 0 Å². The Labute approximate surface area is 445 Å². The molecule has 0 saturated heterocycles. The summed E-state index contributed by atoms with van der Waals surface area (Å²) in [6.45, 7) is 5.80. The maximum absolute atomic E-state index is 14.3. The summed E-state index contributed by atoms with van der Waals surface area (Å²) in [6.07, 6.45) is -0.641. The fourth-order valence-electron chi connectivity index (χ4n) is 8.98. The van der Waals surface area contributed by atoms with Gasteiger partial charge in [0.1, 0.15) is 30.9 Å². The predicted molar refractivity (Wildman–Crippen MR) is 290 cm³/mol. The van der Waals surface area contributed by atoms with E-state index in [1.54, 1.807) is 20.8 Å². The van der Waals surface area contributed by atoms with Gasteiger partial charge in [0.15, 0.2) is 0 Å². The van der Waals surface area contributed by atoms with Gasteiger partial charge in [0.25, 0.3) is 0 Å². The number of fused-ring (bicyclic) bond motifs is 3. The number of hydrogen-bond donors (Lipinski definition) is 8. The summed E-state index contributed by atoms with van der Waals surface area (Å²) >= 11 is 0. The molecule has 17 heteroatoms. The number of nitrogens with one attached hydrogen (secondary N) is 6. The third kappa shape index (κ3) is 18.9. The van der Waals surface area contributed by atoms with Gasteiger partial charge in [-0.05, 0) is 111 Å². The van der Waals surface area contributed by atoms with E-state index in [4.69, 9.17) is 19.9 Å². The zero-order valence-corrected chi connectivity index (χ0v) is 43.6. The SMILES string of the molecule is CC(C)(C)OC(=O)N[C@@H](CCCCNC(=O)OCC1c2ccccc2-c2ccccc21)C(=O)N[C@@H](Cc1ccccc1)C(O)CN[C@@H](Cc1ccccc1)C(=O)N[C@@H](CCCCNC(=O)OCc1ccccc1)C(N)=O. The van der Waals surface area contributed by atoms with Crippen molar-refractivity contribution >= 4 is 36.0 Å². The maximum Gasteiger partial charge on any atom is 0.408 e. The van der Waals surface area contributed by atoms with Crippen molar-refractivity contribution in [2.45, 2.75) is 121 Å². The van der Waals surface area contributed by atoms with Crippen LogP contribution in [0.25, 0.3) is 11.1 Å². The van der Waals surface area contributed by atoms with Crippen molar-refractivity contribution in [1.29, 1.82) is 0 Å². The van der Waals surface area contributed by atoms with Crippen molar-refractivity contribution in [3.05, 3.63) is 167 Å². The van der Waals surface area contributed by atoms with Crippen molar-refractivity contribution < 1.29 is 48.1 Å². The molecule has 404 valence electrons. The Morgan fingerprint density at radius 1 is 0.553 bits per heavy atom. The molecule has 1 aliphatic rings. The average Bonchev–Trinajstić information content (AvgIpc) is 3.74. The van der Waals surface area contributed by atoms with Crippen LogP contribution in [0.4, 0.5) is 14.4 Å². The number of primary amides is 1. The molecule has 5 atom stereocenters. The van der Waals surface area contributed by atoms with Crippen LogP contribution in [-0.4, -0.2) is 103 Å². The van der Waals surface area contributed by atoms with Gasteiger partial charge in [-0.25, -0.2) is 14.4 Å². The van der Waals surface area contributed by atoms with Crippen molar-refractivity contribution in [2.24, 2.45) is 5.73 Å². The van der Waals surface area contributed by atoms with Gasteiger partial charge in [-0.3, -0.25) is 14.4 Å². The first-order valence-corrected chi connectivity index (χ1v) is 26.1. The van der Waals surface area contributed by atoms with Gasteiger partial charge >= 0.3 is 18.3 Å². The summed E-state index contributed by atoms with van der Waals surface area (Å²) in [5.41, 5.74) is 11.9. The summed E-state index contributed by atoms with van der Waals surface area (Å²) in [4.78, 5) is 79.2. The molecule has 76 heavy (non-hydrogen) atoms. The Bertz CT molecular complexity index is 2610. The number of aliphatic hydroxyl groups excluding tert-OH is 1. The number of unbranched alkanes of at least 4 members (excludes halogenated alkanes) is 2. The molecule has 5 aromatic rings. The molecule has 0 saturated carbocycles. The van der Waals surface area contributed by atoms with Crippen LogP contribution >= 0.6 is 0 Å². The number of benzene rings is 5. The molecule has 9 N–H and O–H groups in total. The topological polar surface area (TPSA) is 249 Å². The van der Waals surface area contributed by atoms with Gasteiger partial charge in [0.05, 0.1) is 18.2 Å². The van der Waals surface area contributed by atoms with Gasteiger partial charge in [-0.2, -0.15) is 0 Å². The Morgan fingerprint density at radius 2 is 1.04 bits per heavy atom. The average molecular weight is 1040 g/mol. The van der Waals surface area contributed by atoms with Crippen molar-refractivity contribution in [1.82, 2.24) is 31.9 Å². The second-order valence-corrected chi connectivity index (χ2v) is 19.9. The Morgan fingerprint density at radius 3 is 1.59 bits per heavy atom. The zero-order valence-electron chi connectivity index (χ0n) is 43.6. The van der Waals surface area contributed by atoms with Gasteiger partial charge in [0, 0.05) is 25.6 Å². The van der Waals surface area contributed by atoms with Gasteiger partial charge < -0.3 is 57.0 Å². The molecule has 1 unspecified atom stereocenters. The zero-order chi connectivity index (χ0) is 54.3. The molecule has 6 amide bonds. The van der Waals surface area contributed by atoms with Crippen molar-refractivity contribution in [3.8, 4) is 11.1 Å². The molecule has 5 aromatic carbocycles. The molecule has 17 nitrogen and oxygen atoms in total. The van der Waals surface area contributed by atoms with Crippen LogP contribution in [-0.2, 0) is 48.0 Å². The third-order valence-electron chi connectivity index (χ3n) is 12.9. The quantitative estimate of drug-likeness (QED) is 0.0188. The van der Waals surface area contributed by atoms with Crippen LogP contribution in [0.5, 0.6) is 0 Å². The highest BCUT2D eigenvalue weighted by Crippen LogP contribution is 2.44. The minimum absolute atomic E-state index is 0.0877. The van der Waals surface area contributed by atoms with E-state index < -0.39 is 71.9 Å². The molecular formula is C59H73N7O10. The molecule has 0 fully saturated rings. The largest absolute Gasteiger partial charge is 0.449 e. The van der Waals surface area contributed by atoms with Crippen LogP contribution in [0.2, 0.25) is 0 Å². The van der Waals surface area contributed by atoms with E-state index >= 15 is 0 Å². The molecule has 1 aliphatic carbocycles. The van der Waals surface area contributed by atoms with Crippen molar-refractivity contribution in [3.63, 3.8) is 0 Å². The highest BCUT2D eigenvalue weighted by atomic mass is 16.6. The number of amides is 6. The number of hydrogen-bond acceptors (Lipinski definition) is 11. The Balaban J connectivity index is 1.04. The van der Waals surface area contributed by atoms with E-state index in [9.17, 15) is 33.9 Å². The van der Waals surface area contributed by atoms with E-state index in [1.807, 2.05) is 115 Å². The molecular weight excluding hydrogens is 967 g/mol. The lowest BCUT2D eigenvalue weighted by Gasteiger charge is -2.29. The molecule has 0 aliphatic heterocycles. The first-order chi connectivity index (χ1) is 36.6. The summed E-state index contributed by atoms with van der Waals surface area (Å²) in [6, 6.07) is 40.0. The molecule has 0 heterocycles. The lowest BCUT2D eigenvalue weighted by molar-refractivity contribution is -0.129. The van der Waals surface area contributed by atoms with E-state index in [0.717, 1.165) is 38.9 Å². The number of aliphatic hydroxyl groups is 1. The lowest BCUT2D eigenvalue weighted by Crippen LogP contribution is -2.57. The molecule has 0 aromatic heterocycles. The fraction of sp³-hybridized carbons (Fsp3) is 0.390. The summed E-state index contributed by atoms with van der Waals surface area (Å²) in [5, 5.41) is 29.1. The Hall–Kier alpha value is -7.76. The number of alkyl carbamates (subject to hydrolysis) is 3. The van der Waals surface area contributed by atoms with Crippen LogP contribution in [0, 0.1) is 0 Å². The van der Waals surface area contributed by atoms with Crippen molar-refractivity contribution in [2.75, 3.05) is 26.2 Å². The van der Waals surface area contributed by atoms with Crippen LogP contribution in [0.3, 0.4) is 0 Å². The van der Waals surface area contributed by atoms with E-state index in [-0.39, 0.29) is 64.4 Å². The maximum atomic E-state index is 14.3. The summed E-state index contributed by atoms with van der Waals surface area (Å²) in [5.74, 6) is -1.91. The molecule has 0 spiro atoms. The number of nitrogens with two attached hydrogens (primary N) is 1. The number of ether oxygens (including phenoxy) is 3. The monoisotopic (exact) mass is 1040 g/mol. The normalized spacial score (nSPS) is 13.8. The standard InChI is InChI=1S/C59H73N7O10/c1-59(2,3)76-58(73)66-49(32-18-20-34-62-57(72)75-39-47-45-29-15-13-27-43(45)44-28-14-16-30-46(44)47)54(69)65-50(35-40-21-7-4-8-22-40)52(67)37-63-51(36-41-23-9-5-10-24-41)55(70)64-48(53(60)68)31-17-19-33-61-56(71)74-38-42-25-11-6-12-26-42/h4-16,21-30,47-52,63,67H,17-20,31-39H2,1-3H3,(H2,60,68)(H,61,71)(H,62,72)(H,64,70)(H,65,69)(H,66,73)/t48-,49-,50-,51-,52?/m0/s1. The van der Waals surface area contributed by atoms with E-state index in [2.05, 4.69) is 56.2 Å². The number of carbonyl (C=O) groups excluding carboxylic acids is 6. The number of rotatable bonds is 28. The molecule has 6 rings (SSSR count). The highest BCUT2D eigenvalue weighted by Gasteiger charge is 2.32. The lowest BCUT2D eigenvalue weighted by atomic mass is 9.98. The van der Waals surface area contributed by atoms with Crippen LogP contribution < -0.4 is 37.6 Å².